The van der Waals surface area contributed by atoms with Crippen molar-refractivity contribution < 1.29 is 0 Å². The Morgan fingerprint density at radius 2 is 1.83 bits per heavy atom. The lowest BCUT2D eigenvalue weighted by molar-refractivity contribution is 0.311. The zero-order chi connectivity index (χ0) is 13.2. The summed E-state index contributed by atoms with van der Waals surface area (Å²) in [5, 5.41) is 3.57. The first kappa shape index (κ1) is 16.0. The molecule has 1 N–H and O–H groups in total. The van der Waals surface area contributed by atoms with Gasteiger partial charge in [0.05, 0.1) is 0 Å². The summed E-state index contributed by atoms with van der Waals surface area (Å²) in [7, 11) is 0. The van der Waals surface area contributed by atoms with E-state index >= 15 is 0 Å². The van der Waals surface area contributed by atoms with Crippen molar-refractivity contribution in [3.05, 3.63) is 0 Å². The van der Waals surface area contributed by atoms with Gasteiger partial charge in [-0.25, -0.2) is 0 Å². The van der Waals surface area contributed by atoms with Gasteiger partial charge in [-0.15, -0.1) is 0 Å². The lowest BCUT2D eigenvalue weighted by atomic mass is 10.1. The van der Waals surface area contributed by atoms with Crippen molar-refractivity contribution >= 4 is 0 Å². The van der Waals surface area contributed by atoms with Crippen LogP contribution in [-0.4, -0.2) is 37.1 Å². The third-order valence-corrected chi connectivity index (χ3v) is 4.01. The molecule has 1 rings (SSSR count). The number of hydrogen-bond acceptors (Lipinski definition) is 2. The van der Waals surface area contributed by atoms with E-state index in [1.54, 1.807) is 0 Å². The van der Waals surface area contributed by atoms with Gasteiger partial charge in [-0.1, -0.05) is 52.9 Å². The number of hydrogen-bond donors (Lipinski definition) is 1. The quantitative estimate of drug-likeness (QED) is 0.598. The van der Waals surface area contributed by atoms with E-state index in [0.29, 0.717) is 6.04 Å². The second-order valence-corrected chi connectivity index (χ2v) is 6.29. The Kier molecular flexibility index (Phi) is 8.70. The smallest absolute Gasteiger partial charge is 0.00223 e. The highest BCUT2D eigenvalue weighted by atomic mass is 15.1. The van der Waals surface area contributed by atoms with Crippen molar-refractivity contribution in [2.75, 3.05) is 26.2 Å². The van der Waals surface area contributed by atoms with Crippen LogP contribution in [0.2, 0.25) is 0 Å². The Hall–Kier alpha value is -0.0800. The Labute approximate surface area is 115 Å². The maximum atomic E-state index is 3.57. The molecule has 1 fully saturated rings. The van der Waals surface area contributed by atoms with Gasteiger partial charge in [-0.3, -0.25) is 0 Å². The van der Waals surface area contributed by atoms with Gasteiger partial charge < -0.3 is 10.2 Å². The lowest BCUT2D eigenvalue weighted by Crippen LogP contribution is -2.31. The Balaban J connectivity index is 1.94. The molecule has 0 aliphatic carbocycles. The number of rotatable bonds is 10. The number of nitrogens with one attached hydrogen (secondary N) is 1. The molecule has 1 aliphatic heterocycles. The second kappa shape index (κ2) is 9.80. The van der Waals surface area contributed by atoms with Crippen molar-refractivity contribution in [1.82, 2.24) is 10.2 Å². The fourth-order valence-electron chi connectivity index (χ4n) is 2.80. The Bertz CT molecular complexity index is 192. The SMILES string of the molecule is CCCCCCCCN1CCC(CNC(C)C)C1. The summed E-state index contributed by atoms with van der Waals surface area (Å²) in [6.45, 7) is 12.0. The van der Waals surface area contributed by atoms with Gasteiger partial charge in [0.25, 0.3) is 0 Å². The molecule has 2 nitrogen and oxygen atoms in total. The minimum Gasteiger partial charge on any atom is -0.314 e. The molecule has 18 heavy (non-hydrogen) atoms. The predicted octanol–water partition coefficient (Wildman–Crippen LogP) is 3.67. The van der Waals surface area contributed by atoms with E-state index in [1.807, 2.05) is 0 Å². The zero-order valence-electron chi connectivity index (χ0n) is 12.9. The molecule has 0 aromatic carbocycles. The normalized spacial score (nSPS) is 21.0. The maximum Gasteiger partial charge on any atom is 0.00223 e. The van der Waals surface area contributed by atoms with Crippen LogP contribution in [0.3, 0.4) is 0 Å². The summed E-state index contributed by atoms with van der Waals surface area (Å²) < 4.78 is 0. The molecule has 0 aromatic heterocycles. The number of unbranched alkanes of at least 4 members (excludes halogenated alkanes) is 5. The van der Waals surface area contributed by atoms with Crippen molar-refractivity contribution in [3.8, 4) is 0 Å². The topological polar surface area (TPSA) is 15.3 Å². The van der Waals surface area contributed by atoms with Gasteiger partial charge >= 0.3 is 0 Å². The summed E-state index contributed by atoms with van der Waals surface area (Å²) in [6, 6.07) is 0.637. The van der Waals surface area contributed by atoms with Crippen LogP contribution in [0, 0.1) is 5.92 Å². The van der Waals surface area contributed by atoms with E-state index in [-0.39, 0.29) is 0 Å². The largest absolute Gasteiger partial charge is 0.314 e. The standard InChI is InChI=1S/C16H34N2/c1-4-5-6-7-8-9-11-18-12-10-16(14-18)13-17-15(2)3/h15-17H,4-14H2,1-3H3. The van der Waals surface area contributed by atoms with Gasteiger partial charge in [-0.2, -0.15) is 0 Å². The fourth-order valence-corrected chi connectivity index (χ4v) is 2.80. The molecule has 108 valence electrons. The summed E-state index contributed by atoms with van der Waals surface area (Å²) >= 11 is 0. The first-order valence-corrected chi connectivity index (χ1v) is 8.18. The summed E-state index contributed by atoms with van der Waals surface area (Å²) in [6.07, 6.45) is 9.91. The average molecular weight is 254 g/mol. The van der Waals surface area contributed by atoms with Gasteiger partial charge in [0.2, 0.25) is 0 Å². The summed E-state index contributed by atoms with van der Waals surface area (Å²) in [4.78, 5) is 2.67. The van der Waals surface area contributed by atoms with Gasteiger partial charge in [0.1, 0.15) is 0 Å². The van der Waals surface area contributed by atoms with E-state index in [4.69, 9.17) is 0 Å². The molecule has 1 aliphatic rings. The molecule has 2 heteroatoms. The highest BCUT2D eigenvalue weighted by Gasteiger charge is 2.21. The Morgan fingerprint density at radius 1 is 1.11 bits per heavy atom. The molecule has 0 radical (unpaired) electrons. The molecule has 0 aromatic rings. The number of likely N-dealkylation sites (tertiary alicyclic amines) is 1. The van der Waals surface area contributed by atoms with Crippen LogP contribution < -0.4 is 5.32 Å². The third-order valence-electron chi connectivity index (χ3n) is 4.01. The Morgan fingerprint density at radius 3 is 2.56 bits per heavy atom. The molecular formula is C16H34N2. The van der Waals surface area contributed by atoms with E-state index in [0.717, 1.165) is 5.92 Å². The van der Waals surface area contributed by atoms with E-state index in [2.05, 4.69) is 31.0 Å². The van der Waals surface area contributed by atoms with Crippen molar-refractivity contribution in [1.29, 1.82) is 0 Å². The molecule has 0 amide bonds. The van der Waals surface area contributed by atoms with Gasteiger partial charge in [0.15, 0.2) is 0 Å². The number of nitrogens with zero attached hydrogens (tertiary/aromatic N) is 1. The first-order chi connectivity index (χ1) is 8.72. The van der Waals surface area contributed by atoms with Crippen LogP contribution in [0.5, 0.6) is 0 Å². The minimum absolute atomic E-state index is 0.637. The summed E-state index contributed by atoms with van der Waals surface area (Å²) in [5.41, 5.74) is 0. The highest BCUT2D eigenvalue weighted by molar-refractivity contribution is 4.77. The second-order valence-electron chi connectivity index (χ2n) is 6.29. The molecule has 1 unspecified atom stereocenters. The minimum atomic E-state index is 0.637. The van der Waals surface area contributed by atoms with Crippen molar-refractivity contribution in [3.63, 3.8) is 0 Å². The highest BCUT2D eigenvalue weighted by Crippen LogP contribution is 2.16. The zero-order valence-corrected chi connectivity index (χ0v) is 12.9. The molecule has 0 bridgehead atoms. The van der Waals surface area contributed by atoms with E-state index in [9.17, 15) is 0 Å². The van der Waals surface area contributed by atoms with Crippen LogP contribution in [0.25, 0.3) is 0 Å². The molecule has 1 heterocycles. The van der Waals surface area contributed by atoms with Crippen LogP contribution in [-0.2, 0) is 0 Å². The summed E-state index contributed by atoms with van der Waals surface area (Å²) in [5.74, 6) is 0.896. The van der Waals surface area contributed by atoms with Crippen LogP contribution in [0.1, 0.15) is 65.7 Å². The monoisotopic (exact) mass is 254 g/mol. The van der Waals surface area contributed by atoms with Crippen molar-refractivity contribution in [2.24, 2.45) is 5.92 Å². The van der Waals surface area contributed by atoms with Crippen LogP contribution >= 0.6 is 0 Å². The fraction of sp³-hybridized carbons (Fsp3) is 1.00. The van der Waals surface area contributed by atoms with E-state index < -0.39 is 0 Å². The lowest BCUT2D eigenvalue weighted by Gasteiger charge is -2.17. The molecule has 0 saturated carbocycles. The average Bonchev–Trinajstić information content (AvgIpc) is 2.79. The molecule has 1 saturated heterocycles. The molecule has 1 atom stereocenters. The molecular weight excluding hydrogens is 220 g/mol. The first-order valence-electron chi connectivity index (χ1n) is 8.18. The van der Waals surface area contributed by atoms with E-state index in [1.165, 1.54) is 71.1 Å². The van der Waals surface area contributed by atoms with Crippen LogP contribution in [0.15, 0.2) is 0 Å². The molecule has 0 spiro atoms. The van der Waals surface area contributed by atoms with Gasteiger partial charge in [0, 0.05) is 12.6 Å². The van der Waals surface area contributed by atoms with Crippen molar-refractivity contribution in [2.45, 2.75) is 71.8 Å². The maximum absolute atomic E-state index is 3.57. The third kappa shape index (κ3) is 7.38. The van der Waals surface area contributed by atoms with Crippen LogP contribution in [0.4, 0.5) is 0 Å². The van der Waals surface area contributed by atoms with Gasteiger partial charge in [-0.05, 0) is 38.4 Å². The predicted molar refractivity (Wildman–Crippen MR) is 81.1 cm³/mol.